The Morgan fingerprint density at radius 1 is 1.00 bits per heavy atom. The molecular formula is C18H19N3O3. The van der Waals surface area contributed by atoms with E-state index in [2.05, 4.69) is 10.2 Å². The lowest BCUT2D eigenvalue weighted by molar-refractivity contribution is 0.409. The topological polar surface area (TPSA) is 69.1 Å². The summed E-state index contributed by atoms with van der Waals surface area (Å²) in [6, 6.07) is 15.2. The number of ether oxygens (including phenoxy) is 2. The maximum absolute atomic E-state index is 12.1. The van der Waals surface area contributed by atoms with Gasteiger partial charge in [-0.2, -0.15) is 5.10 Å². The summed E-state index contributed by atoms with van der Waals surface area (Å²) >= 11 is 0. The number of hydrogen-bond acceptors (Lipinski definition) is 4. The van der Waals surface area contributed by atoms with Gasteiger partial charge in [0.1, 0.15) is 17.3 Å². The Bertz CT molecular complexity index is 866. The molecule has 3 rings (SSSR count). The zero-order valence-electron chi connectivity index (χ0n) is 13.7. The number of aryl methyl sites for hydroxylation is 2. The molecule has 1 N–H and O–H groups in total. The average molecular weight is 325 g/mol. The molecule has 124 valence electrons. The normalized spacial score (nSPS) is 10.6. The van der Waals surface area contributed by atoms with Gasteiger partial charge in [0.25, 0.3) is 0 Å². The van der Waals surface area contributed by atoms with Gasteiger partial charge in [-0.05, 0) is 42.3 Å². The number of nitrogens with one attached hydrogen (secondary N) is 1. The molecule has 0 aliphatic heterocycles. The predicted octanol–water partition coefficient (Wildman–Crippen LogP) is 2.36. The van der Waals surface area contributed by atoms with Crippen molar-refractivity contribution >= 4 is 0 Å². The van der Waals surface area contributed by atoms with Gasteiger partial charge in [-0.3, -0.25) is 0 Å². The van der Waals surface area contributed by atoms with Crippen molar-refractivity contribution < 1.29 is 9.47 Å². The van der Waals surface area contributed by atoms with E-state index in [9.17, 15) is 4.79 Å². The summed E-state index contributed by atoms with van der Waals surface area (Å²) in [6.45, 7) is 0. The molecule has 0 spiro atoms. The number of aromatic amines is 1. The van der Waals surface area contributed by atoms with Crippen molar-refractivity contribution in [2.45, 2.75) is 12.8 Å². The molecule has 6 nitrogen and oxygen atoms in total. The lowest BCUT2D eigenvalue weighted by Gasteiger charge is -2.09. The maximum atomic E-state index is 12.1. The summed E-state index contributed by atoms with van der Waals surface area (Å²) in [5, 5.41) is 6.68. The minimum absolute atomic E-state index is 0.254. The summed E-state index contributed by atoms with van der Waals surface area (Å²) in [7, 11) is 3.26. The number of nitrogens with zero attached hydrogens (tertiary/aromatic N) is 2. The first-order valence-corrected chi connectivity index (χ1v) is 7.65. The van der Waals surface area contributed by atoms with Crippen molar-refractivity contribution in [1.29, 1.82) is 0 Å². The molecule has 0 unspecified atom stereocenters. The highest BCUT2D eigenvalue weighted by atomic mass is 16.5. The molecule has 0 radical (unpaired) electrons. The van der Waals surface area contributed by atoms with E-state index in [4.69, 9.17) is 9.47 Å². The highest BCUT2D eigenvalue weighted by Crippen LogP contribution is 2.20. The summed E-state index contributed by atoms with van der Waals surface area (Å²) in [6.07, 6.45) is 1.34. The number of para-hydroxylation sites is 1. The van der Waals surface area contributed by atoms with Crippen molar-refractivity contribution in [2.75, 3.05) is 14.2 Å². The molecule has 3 aromatic rings. The SMILES string of the molecule is COc1ccc(-n2c(CCc3ccccc3OC)n[nH]c2=O)cc1. The van der Waals surface area contributed by atoms with Crippen LogP contribution in [0, 0.1) is 0 Å². The van der Waals surface area contributed by atoms with Crippen LogP contribution in [0.2, 0.25) is 0 Å². The fourth-order valence-electron chi connectivity index (χ4n) is 2.65. The van der Waals surface area contributed by atoms with Gasteiger partial charge in [-0.1, -0.05) is 18.2 Å². The molecule has 2 aromatic carbocycles. The van der Waals surface area contributed by atoms with Crippen LogP contribution in [-0.4, -0.2) is 29.0 Å². The Balaban J connectivity index is 1.86. The Labute approximate surface area is 139 Å². The third-order valence-corrected chi connectivity index (χ3v) is 3.88. The van der Waals surface area contributed by atoms with Crippen molar-refractivity contribution in [2.24, 2.45) is 0 Å². The van der Waals surface area contributed by atoms with Crippen LogP contribution in [0.1, 0.15) is 11.4 Å². The molecular weight excluding hydrogens is 306 g/mol. The smallest absolute Gasteiger partial charge is 0.347 e. The fourth-order valence-corrected chi connectivity index (χ4v) is 2.65. The first-order valence-electron chi connectivity index (χ1n) is 7.65. The first-order chi connectivity index (χ1) is 11.7. The largest absolute Gasteiger partial charge is 0.497 e. The van der Waals surface area contributed by atoms with Gasteiger partial charge in [0, 0.05) is 6.42 Å². The number of methoxy groups -OCH3 is 2. The van der Waals surface area contributed by atoms with Crippen LogP contribution < -0.4 is 15.2 Å². The second kappa shape index (κ2) is 7.04. The van der Waals surface area contributed by atoms with Crippen LogP contribution >= 0.6 is 0 Å². The van der Waals surface area contributed by atoms with E-state index in [1.165, 1.54) is 0 Å². The molecule has 0 aliphatic carbocycles. The van der Waals surface area contributed by atoms with E-state index < -0.39 is 0 Å². The molecule has 1 aromatic heterocycles. The molecule has 0 saturated heterocycles. The first kappa shape index (κ1) is 15.9. The Kier molecular flexibility index (Phi) is 4.65. The van der Waals surface area contributed by atoms with Gasteiger partial charge >= 0.3 is 5.69 Å². The Hall–Kier alpha value is -3.02. The van der Waals surface area contributed by atoms with Gasteiger partial charge in [0.15, 0.2) is 0 Å². The van der Waals surface area contributed by atoms with Gasteiger partial charge in [0.2, 0.25) is 0 Å². The van der Waals surface area contributed by atoms with Gasteiger partial charge in [-0.15, -0.1) is 0 Å². The van der Waals surface area contributed by atoms with Crippen LogP contribution in [0.25, 0.3) is 5.69 Å². The predicted molar refractivity (Wildman–Crippen MR) is 91.1 cm³/mol. The van der Waals surface area contributed by atoms with Crippen molar-refractivity contribution in [3.63, 3.8) is 0 Å². The minimum atomic E-state index is -0.254. The number of rotatable bonds is 6. The van der Waals surface area contributed by atoms with Crippen LogP contribution in [0.3, 0.4) is 0 Å². The lowest BCUT2D eigenvalue weighted by Crippen LogP contribution is -2.17. The summed E-state index contributed by atoms with van der Waals surface area (Å²) in [5.74, 6) is 2.26. The lowest BCUT2D eigenvalue weighted by atomic mass is 10.1. The van der Waals surface area contributed by atoms with Crippen molar-refractivity contribution in [3.8, 4) is 17.2 Å². The Morgan fingerprint density at radius 2 is 1.75 bits per heavy atom. The number of aromatic nitrogens is 3. The van der Waals surface area contributed by atoms with Crippen LogP contribution in [0.4, 0.5) is 0 Å². The molecule has 0 bridgehead atoms. The van der Waals surface area contributed by atoms with Crippen molar-refractivity contribution in [1.82, 2.24) is 14.8 Å². The zero-order chi connectivity index (χ0) is 16.9. The fraction of sp³-hybridized carbons (Fsp3) is 0.222. The van der Waals surface area contributed by atoms with E-state index in [0.29, 0.717) is 12.2 Å². The van der Waals surface area contributed by atoms with Crippen LogP contribution in [0.5, 0.6) is 11.5 Å². The molecule has 0 fully saturated rings. The molecule has 24 heavy (non-hydrogen) atoms. The number of H-pyrrole nitrogens is 1. The van der Waals surface area contributed by atoms with Gasteiger partial charge in [0.05, 0.1) is 19.9 Å². The Morgan fingerprint density at radius 3 is 2.46 bits per heavy atom. The van der Waals surface area contributed by atoms with E-state index in [1.807, 2.05) is 48.5 Å². The van der Waals surface area contributed by atoms with Crippen LogP contribution in [-0.2, 0) is 12.8 Å². The van der Waals surface area contributed by atoms with Gasteiger partial charge < -0.3 is 9.47 Å². The quantitative estimate of drug-likeness (QED) is 0.755. The van der Waals surface area contributed by atoms with E-state index in [1.54, 1.807) is 18.8 Å². The monoisotopic (exact) mass is 325 g/mol. The van der Waals surface area contributed by atoms with E-state index >= 15 is 0 Å². The number of hydrogen-bond donors (Lipinski definition) is 1. The highest BCUT2D eigenvalue weighted by Gasteiger charge is 2.12. The second-order valence-corrected chi connectivity index (χ2v) is 5.29. The average Bonchev–Trinajstić information content (AvgIpc) is 3.00. The molecule has 1 heterocycles. The second-order valence-electron chi connectivity index (χ2n) is 5.29. The zero-order valence-corrected chi connectivity index (χ0v) is 13.7. The van der Waals surface area contributed by atoms with Gasteiger partial charge in [-0.25, -0.2) is 14.5 Å². The summed E-state index contributed by atoms with van der Waals surface area (Å²) < 4.78 is 12.1. The summed E-state index contributed by atoms with van der Waals surface area (Å²) in [4.78, 5) is 12.1. The standard InChI is InChI=1S/C18H19N3O3/c1-23-15-10-8-14(9-11-15)21-17(19-20-18(21)22)12-7-13-5-3-4-6-16(13)24-2/h3-6,8-11H,7,12H2,1-2H3,(H,20,22). The molecule has 0 atom stereocenters. The third kappa shape index (κ3) is 3.17. The van der Waals surface area contributed by atoms with Crippen LogP contribution in [0.15, 0.2) is 53.3 Å². The summed E-state index contributed by atoms with van der Waals surface area (Å²) in [5.41, 5.74) is 1.58. The van der Waals surface area contributed by atoms with E-state index in [-0.39, 0.29) is 5.69 Å². The molecule has 0 aliphatic rings. The minimum Gasteiger partial charge on any atom is -0.497 e. The maximum Gasteiger partial charge on any atom is 0.347 e. The number of benzene rings is 2. The van der Waals surface area contributed by atoms with E-state index in [0.717, 1.165) is 29.2 Å². The third-order valence-electron chi connectivity index (χ3n) is 3.88. The molecule has 6 heteroatoms. The van der Waals surface area contributed by atoms with Crippen molar-refractivity contribution in [3.05, 3.63) is 70.4 Å². The molecule has 0 amide bonds. The highest BCUT2D eigenvalue weighted by molar-refractivity contribution is 5.38. The molecule has 0 saturated carbocycles.